The van der Waals surface area contributed by atoms with E-state index in [9.17, 15) is 9.59 Å². The third-order valence-corrected chi connectivity index (χ3v) is 5.66. The zero-order valence-corrected chi connectivity index (χ0v) is 20.5. The summed E-state index contributed by atoms with van der Waals surface area (Å²) in [6, 6.07) is 6.77. The fourth-order valence-electron chi connectivity index (χ4n) is 4.01. The summed E-state index contributed by atoms with van der Waals surface area (Å²) in [7, 11) is 0. The Hall–Kier alpha value is -3.28. The molecular weight excluding hydrogens is 428 g/mol. The molecule has 6 heteroatoms. The Labute approximate surface area is 203 Å². The van der Waals surface area contributed by atoms with Crippen molar-refractivity contribution in [2.75, 3.05) is 19.7 Å². The van der Waals surface area contributed by atoms with Crippen molar-refractivity contribution in [3.05, 3.63) is 78.6 Å². The maximum absolute atomic E-state index is 13.0. The van der Waals surface area contributed by atoms with Gasteiger partial charge in [0.2, 0.25) is 5.91 Å². The third-order valence-electron chi connectivity index (χ3n) is 5.66. The summed E-state index contributed by atoms with van der Waals surface area (Å²) >= 11 is 0. The quantitative estimate of drug-likeness (QED) is 0.405. The van der Waals surface area contributed by atoms with Crippen LogP contribution in [-0.2, 0) is 16.0 Å². The van der Waals surface area contributed by atoms with E-state index in [4.69, 9.17) is 9.84 Å². The van der Waals surface area contributed by atoms with Gasteiger partial charge in [0.1, 0.15) is 5.75 Å². The number of likely N-dealkylation sites (tertiary alicyclic amines) is 1. The normalized spacial score (nSPS) is 15.3. The minimum Gasteiger partial charge on any atom is -0.482 e. The molecule has 0 radical (unpaired) electrons. The van der Waals surface area contributed by atoms with Crippen LogP contribution >= 0.6 is 0 Å². The fraction of sp³-hybridized carbons (Fsp3) is 0.429. The molecular formula is C28H38N2O4. The van der Waals surface area contributed by atoms with Gasteiger partial charge in [-0.1, -0.05) is 63.4 Å². The summed E-state index contributed by atoms with van der Waals surface area (Å²) in [5.74, 6) is -0.259. The predicted octanol–water partition coefficient (Wildman–Crippen LogP) is 4.89. The van der Waals surface area contributed by atoms with Gasteiger partial charge in [0, 0.05) is 18.8 Å². The van der Waals surface area contributed by atoms with E-state index in [1.807, 2.05) is 18.2 Å². The van der Waals surface area contributed by atoms with Gasteiger partial charge in [-0.2, -0.15) is 0 Å². The number of hydrogen-bond acceptors (Lipinski definition) is 4. The highest BCUT2D eigenvalue weighted by Gasteiger charge is 2.24. The Bertz CT molecular complexity index is 893. The van der Waals surface area contributed by atoms with Gasteiger partial charge in [-0.3, -0.25) is 4.79 Å². The molecule has 6 nitrogen and oxygen atoms in total. The number of carboxylic acid groups (broad SMARTS) is 1. The monoisotopic (exact) mass is 466 g/mol. The van der Waals surface area contributed by atoms with Crippen LogP contribution in [-0.4, -0.2) is 47.6 Å². The first kappa shape index (κ1) is 27.0. The maximum Gasteiger partial charge on any atom is 0.341 e. The third kappa shape index (κ3) is 9.30. The van der Waals surface area contributed by atoms with Crippen LogP contribution in [0.2, 0.25) is 0 Å². The molecule has 0 aliphatic carbocycles. The second kappa shape index (κ2) is 14.1. The Morgan fingerprint density at radius 3 is 2.41 bits per heavy atom. The number of allylic oxidation sites excluding steroid dienone is 4. The van der Waals surface area contributed by atoms with E-state index >= 15 is 0 Å². The van der Waals surface area contributed by atoms with Crippen LogP contribution in [0.25, 0.3) is 0 Å². The lowest BCUT2D eigenvalue weighted by Gasteiger charge is -2.35. The molecule has 0 spiro atoms. The topological polar surface area (TPSA) is 78.9 Å². The second-order valence-corrected chi connectivity index (χ2v) is 8.99. The van der Waals surface area contributed by atoms with Crippen LogP contribution in [0.1, 0.15) is 45.1 Å². The number of nitrogens with zero attached hydrogens (tertiary/aromatic N) is 1. The lowest BCUT2D eigenvalue weighted by Crippen LogP contribution is -2.41. The summed E-state index contributed by atoms with van der Waals surface area (Å²) in [6.45, 7) is 14.0. The van der Waals surface area contributed by atoms with Gasteiger partial charge < -0.3 is 20.1 Å². The minimum atomic E-state index is -1.03. The van der Waals surface area contributed by atoms with Gasteiger partial charge in [0.25, 0.3) is 0 Å². The molecule has 2 rings (SSSR count). The van der Waals surface area contributed by atoms with E-state index in [0.717, 1.165) is 49.2 Å². The molecule has 1 aromatic rings. The van der Waals surface area contributed by atoms with Crippen molar-refractivity contribution in [2.24, 2.45) is 5.92 Å². The van der Waals surface area contributed by atoms with Gasteiger partial charge in [0.15, 0.2) is 6.61 Å². The average molecular weight is 467 g/mol. The number of benzene rings is 1. The zero-order valence-electron chi connectivity index (χ0n) is 20.5. The first-order valence-corrected chi connectivity index (χ1v) is 12.0. The second-order valence-electron chi connectivity index (χ2n) is 8.99. The van der Waals surface area contributed by atoms with Crippen molar-refractivity contribution in [2.45, 2.75) is 52.0 Å². The molecule has 0 bridgehead atoms. The molecule has 1 heterocycles. The Kier molecular flexibility index (Phi) is 11.2. The highest BCUT2D eigenvalue weighted by molar-refractivity contribution is 5.79. The van der Waals surface area contributed by atoms with E-state index in [2.05, 4.69) is 37.2 Å². The van der Waals surface area contributed by atoms with Gasteiger partial charge in [-0.15, -0.1) is 0 Å². The van der Waals surface area contributed by atoms with Crippen molar-refractivity contribution in [3.8, 4) is 5.75 Å². The number of carboxylic acids is 1. The lowest BCUT2D eigenvalue weighted by molar-refractivity contribution is -0.139. The molecule has 0 saturated carbocycles. The predicted molar refractivity (Wildman–Crippen MR) is 137 cm³/mol. The number of hydrogen-bond donors (Lipinski definition) is 2. The number of nitrogens with one attached hydrogen (secondary N) is 1. The highest BCUT2D eigenvalue weighted by Crippen LogP contribution is 2.25. The Morgan fingerprint density at radius 1 is 1.15 bits per heavy atom. The van der Waals surface area contributed by atoms with Crippen LogP contribution < -0.4 is 10.1 Å². The minimum absolute atomic E-state index is 0.0742. The number of carbonyl (C=O) groups excluding carboxylic acids is 1. The number of amides is 1. The van der Waals surface area contributed by atoms with E-state index < -0.39 is 12.6 Å². The van der Waals surface area contributed by atoms with E-state index in [1.165, 1.54) is 6.42 Å². The van der Waals surface area contributed by atoms with Crippen molar-refractivity contribution < 1.29 is 19.4 Å². The van der Waals surface area contributed by atoms with E-state index in [-0.39, 0.29) is 18.4 Å². The van der Waals surface area contributed by atoms with Crippen LogP contribution in [0.3, 0.4) is 0 Å². The summed E-state index contributed by atoms with van der Waals surface area (Å²) in [5, 5.41) is 12.0. The first-order chi connectivity index (χ1) is 16.3. The molecule has 2 N–H and O–H groups in total. The first-order valence-electron chi connectivity index (χ1n) is 12.0. The molecule has 1 atom stereocenters. The molecule has 1 unspecified atom stereocenters. The number of carbonyl (C=O) groups is 2. The standard InChI is InChI=1S/C28H38N2O4/c1-5-6-8-11-25(22(4)30-16-9-7-10-17-30)26(18-21(2)3)29-27(31)19-23-12-14-24(15-13-23)34-20-28(32)33/h5-6,8,11-15,21,26H,1,4,7,9-10,16-20H2,2-3H3,(H,29,31)(H,32,33)/b8-6-,25-11+. The molecule has 184 valence electrons. The number of piperidine rings is 1. The van der Waals surface area contributed by atoms with Gasteiger partial charge in [0.05, 0.1) is 12.5 Å². The molecule has 1 fully saturated rings. The van der Waals surface area contributed by atoms with Gasteiger partial charge >= 0.3 is 5.97 Å². The average Bonchev–Trinajstić information content (AvgIpc) is 2.81. The summed E-state index contributed by atoms with van der Waals surface area (Å²) < 4.78 is 5.16. The van der Waals surface area contributed by atoms with E-state index in [0.29, 0.717) is 11.7 Å². The van der Waals surface area contributed by atoms with Crippen LogP contribution in [0.5, 0.6) is 5.75 Å². The summed E-state index contributed by atoms with van der Waals surface area (Å²) in [6.07, 6.45) is 12.2. The smallest absolute Gasteiger partial charge is 0.341 e. The largest absolute Gasteiger partial charge is 0.482 e. The maximum atomic E-state index is 13.0. The summed E-state index contributed by atoms with van der Waals surface area (Å²) in [4.78, 5) is 26.0. The van der Waals surface area contributed by atoms with Crippen LogP contribution in [0.4, 0.5) is 0 Å². The molecule has 0 aromatic heterocycles. The van der Waals surface area contributed by atoms with E-state index in [1.54, 1.807) is 30.3 Å². The fourth-order valence-corrected chi connectivity index (χ4v) is 4.01. The Balaban J connectivity index is 2.15. The van der Waals surface area contributed by atoms with Crippen molar-refractivity contribution >= 4 is 11.9 Å². The van der Waals surface area contributed by atoms with Gasteiger partial charge in [-0.05, 0) is 54.9 Å². The van der Waals surface area contributed by atoms with Crippen molar-refractivity contribution in [1.29, 1.82) is 0 Å². The van der Waals surface area contributed by atoms with Crippen LogP contribution in [0, 0.1) is 5.92 Å². The molecule has 34 heavy (non-hydrogen) atoms. The number of ether oxygens (including phenoxy) is 1. The van der Waals surface area contributed by atoms with Crippen LogP contribution in [0.15, 0.2) is 73.0 Å². The molecule has 1 aliphatic rings. The zero-order chi connectivity index (χ0) is 24.9. The molecule has 1 aliphatic heterocycles. The highest BCUT2D eigenvalue weighted by atomic mass is 16.5. The molecule has 1 amide bonds. The molecule has 1 aromatic carbocycles. The van der Waals surface area contributed by atoms with Gasteiger partial charge in [-0.25, -0.2) is 4.79 Å². The molecule has 1 saturated heterocycles. The van der Waals surface area contributed by atoms with Crippen molar-refractivity contribution in [3.63, 3.8) is 0 Å². The number of aliphatic carboxylic acids is 1. The Morgan fingerprint density at radius 2 is 1.82 bits per heavy atom. The SMILES string of the molecule is C=C/C=C\C=C(/C(=C)N1CCCCC1)C(CC(C)C)NC(=O)Cc1ccc(OCC(=O)O)cc1. The van der Waals surface area contributed by atoms with Crippen molar-refractivity contribution in [1.82, 2.24) is 10.2 Å². The lowest BCUT2D eigenvalue weighted by atomic mass is 9.93. The number of rotatable bonds is 13. The summed E-state index contributed by atoms with van der Waals surface area (Å²) in [5.41, 5.74) is 2.83.